The summed E-state index contributed by atoms with van der Waals surface area (Å²) in [6.45, 7) is -0.133. The average Bonchev–Trinajstić information content (AvgIpc) is 2.74. The van der Waals surface area contributed by atoms with Crippen LogP contribution in [-0.4, -0.2) is 31.1 Å². The van der Waals surface area contributed by atoms with Gasteiger partial charge in [0, 0.05) is 25.1 Å². The fourth-order valence-corrected chi connectivity index (χ4v) is 4.47. The van der Waals surface area contributed by atoms with Gasteiger partial charge in [-0.3, -0.25) is 9.59 Å². The van der Waals surface area contributed by atoms with E-state index in [0.717, 1.165) is 31.4 Å². The molecule has 2 aliphatic heterocycles. The highest BCUT2D eigenvalue weighted by Gasteiger charge is 2.44. The number of hydrogen-bond donors (Lipinski definition) is 1. The normalized spacial score (nSPS) is 19.8. The van der Waals surface area contributed by atoms with Crippen LogP contribution in [0.25, 0.3) is 5.57 Å². The Bertz CT molecular complexity index is 1180. The minimum Gasteiger partial charge on any atom is -0.486 e. The number of likely N-dealkylation sites (N-methyl/N-ethyl adjacent to an activating group) is 1. The van der Waals surface area contributed by atoms with E-state index in [0.29, 0.717) is 34.7 Å². The lowest BCUT2D eigenvalue weighted by atomic mass is 9.72. The van der Waals surface area contributed by atoms with Crippen molar-refractivity contribution in [2.45, 2.75) is 37.5 Å². The number of nitrogens with one attached hydrogen (secondary N) is 1. The fraction of sp³-hybridized carbons (Fsp3) is 0.333. The summed E-state index contributed by atoms with van der Waals surface area (Å²) in [5.41, 5.74) is 0.704. The molecule has 1 aliphatic carbocycles. The highest BCUT2D eigenvalue weighted by atomic mass is 19.4. The number of halogens is 3. The Kier molecular flexibility index (Phi) is 4.88. The van der Waals surface area contributed by atoms with Gasteiger partial charge in [-0.25, -0.2) is 0 Å². The first-order chi connectivity index (χ1) is 15.7. The van der Waals surface area contributed by atoms with Crippen molar-refractivity contribution in [2.24, 2.45) is 0 Å². The average molecular weight is 458 g/mol. The number of amides is 2. The van der Waals surface area contributed by atoms with Crippen molar-refractivity contribution in [2.75, 3.05) is 23.9 Å². The summed E-state index contributed by atoms with van der Waals surface area (Å²) in [4.78, 5) is 26.3. The zero-order valence-corrected chi connectivity index (χ0v) is 17.8. The molecule has 0 saturated heterocycles. The van der Waals surface area contributed by atoms with Crippen molar-refractivity contribution in [3.63, 3.8) is 0 Å². The van der Waals surface area contributed by atoms with Crippen LogP contribution in [0.3, 0.4) is 0 Å². The zero-order chi connectivity index (χ0) is 23.4. The number of nitrogens with zero attached hydrogens (tertiary/aromatic N) is 1. The number of fused-ring (bicyclic) bond motifs is 2. The summed E-state index contributed by atoms with van der Waals surface area (Å²) >= 11 is 0. The van der Waals surface area contributed by atoms with Crippen LogP contribution in [0, 0.1) is 0 Å². The topological polar surface area (TPSA) is 67.9 Å². The van der Waals surface area contributed by atoms with E-state index < -0.39 is 23.2 Å². The van der Waals surface area contributed by atoms with Gasteiger partial charge in [-0.15, -0.1) is 0 Å². The van der Waals surface area contributed by atoms with E-state index in [1.807, 2.05) is 0 Å². The van der Waals surface area contributed by atoms with Crippen molar-refractivity contribution in [3.8, 4) is 11.5 Å². The Balaban J connectivity index is 1.46. The van der Waals surface area contributed by atoms with Crippen molar-refractivity contribution < 1.29 is 32.2 Å². The summed E-state index contributed by atoms with van der Waals surface area (Å²) in [5.74, 6) is -0.0981. The Labute approximate surface area is 188 Å². The van der Waals surface area contributed by atoms with E-state index in [2.05, 4.69) is 5.32 Å². The van der Waals surface area contributed by atoms with Crippen molar-refractivity contribution in [1.82, 2.24) is 0 Å². The highest BCUT2D eigenvalue weighted by molar-refractivity contribution is 6.07. The number of carbonyl (C=O) groups is 2. The molecular formula is C24H21F3N2O4. The molecule has 2 aromatic carbocycles. The van der Waals surface area contributed by atoms with E-state index in [4.69, 9.17) is 9.47 Å². The standard InChI is InChI=1S/C24H21F3N2O4/c1-29-18-5-2-4-17(22(18)32-13-21(29)31)28-20(30)10-14-12-23(8-3-9-23)33-19-11-15(24(25,26)27)6-7-16(14)19/h2,4-7,10-11H,3,8-9,12-13H2,1H3,(H,28,30). The maximum atomic E-state index is 13.2. The van der Waals surface area contributed by atoms with E-state index in [-0.39, 0.29) is 18.3 Å². The van der Waals surface area contributed by atoms with E-state index in [1.165, 1.54) is 17.0 Å². The second-order valence-corrected chi connectivity index (χ2v) is 8.58. The number of benzene rings is 2. The van der Waals surface area contributed by atoms with E-state index in [1.54, 1.807) is 25.2 Å². The Morgan fingerprint density at radius 1 is 1.21 bits per heavy atom. The predicted octanol–water partition coefficient (Wildman–Crippen LogP) is 4.79. The maximum Gasteiger partial charge on any atom is 0.416 e. The first-order valence-corrected chi connectivity index (χ1v) is 10.6. The van der Waals surface area contributed by atoms with Crippen LogP contribution < -0.4 is 19.7 Å². The third kappa shape index (κ3) is 3.81. The summed E-state index contributed by atoms with van der Waals surface area (Å²) < 4.78 is 51.2. The molecule has 2 amide bonds. The first-order valence-electron chi connectivity index (χ1n) is 10.6. The number of carbonyl (C=O) groups excluding carboxylic acids is 2. The van der Waals surface area contributed by atoms with Crippen molar-refractivity contribution in [1.29, 1.82) is 0 Å². The molecule has 9 heteroatoms. The summed E-state index contributed by atoms with van der Waals surface area (Å²) in [7, 11) is 1.63. The second-order valence-electron chi connectivity index (χ2n) is 8.58. The summed E-state index contributed by atoms with van der Waals surface area (Å²) in [6, 6.07) is 8.45. The Hall–Kier alpha value is -3.49. The Morgan fingerprint density at radius 2 is 2.00 bits per heavy atom. The summed E-state index contributed by atoms with van der Waals surface area (Å²) in [6.07, 6.45) is -0.256. The van der Waals surface area contributed by atoms with Gasteiger partial charge < -0.3 is 19.7 Å². The van der Waals surface area contributed by atoms with Crippen LogP contribution in [0.15, 0.2) is 42.5 Å². The highest BCUT2D eigenvalue weighted by Crippen LogP contribution is 2.50. The van der Waals surface area contributed by atoms with Crippen LogP contribution in [0.2, 0.25) is 0 Å². The third-order valence-corrected chi connectivity index (χ3v) is 6.39. The Morgan fingerprint density at radius 3 is 2.70 bits per heavy atom. The molecule has 0 aromatic heterocycles. The first kappa shape index (κ1) is 21.4. The van der Waals surface area contributed by atoms with Gasteiger partial charge in [-0.2, -0.15) is 13.2 Å². The molecule has 0 atom stereocenters. The largest absolute Gasteiger partial charge is 0.486 e. The molecule has 1 N–H and O–H groups in total. The van der Waals surface area contributed by atoms with Gasteiger partial charge in [0.05, 0.1) is 16.9 Å². The van der Waals surface area contributed by atoms with Crippen LogP contribution in [-0.2, 0) is 15.8 Å². The number of rotatable bonds is 2. The summed E-state index contributed by atoms with van der Waals surface area (Å²) in [5, 5.41) is 2.78. The lowest BCUT2D eigenvalue weighted by Gasteiger charge is -2.46. The third-order valence-electron chi connectivity index (χ3n) is 6.39. The van der Waals surface area contributed by atoms with E-state index in [9.17, 15) is 22.8 Å². The minimum atomic E-state index is -4.48. The van der Waals surface area contributed by atoms with E-state index >= 15 is 0 Å². The predicted molar refractivity (Wildman–Crippen MR) is 115 cm³/mol. The maximum absolute atomic E-state index is 13.2. The van der Waals surface area contributed by atoms with Crippen molar-refractivity contribution >= 4 is 28.8 Å². The van der Waals surface area contributed by atoms with Gasteiger partial charge in [0.25, 0.3) is 5.91 Å². The number of anilines is 2. The molecule has 0 bridgehead atoms. The molecule has 6 nitrogen and oxygen atoms in total. The molecular weight excluding hydrogens is 437 g/mol. The molecule has 2 heterocycles. The molecule has 5 rings (SSSR count). The molecule has 0 unspecified atom stereocenters. The van der Waals surface area contributed by atoms with Gasteiger partial charge in [0.1, 0.15) is 11.4 Å². The van der Waals surface area contributed by atoms with Gasteiger partial charge >= 0.3 is 6.18 Å². The van der Waals surface area contributed by atoms with Crippen LogP contribution in [0.5, 0.6) is 11.5 Å². The minimum absolute atomic E-state index is 0.133. The smallest absolute Gasteiger partial charge is 0.416 e. The monoisotopic (exact) mass is 458 g/mol. The number of para-hydroxylation sites is 1. The van der Waals surface area contributed by atoms with Crippen LogP contribution >= 0.6 is 0 Å². The van der Waals surface area contributed by atoms with Gasteiger partial charge in [0.2, 0.25) is 5.91 Å². The molecule has 33 heavy (non-hydrogen) atoms. The van der Waals surface area contributed by atoms with Gasteiger partial charge in [0.15, 0.2) is 12.4 Å². The SMILES string of the molecule is CN1C(=O)COc2c(NC(=O)C=C3CC4(CCC4)Oc4cc(C(F)(F)F)ccc43)cccc21. The molecule has 1 saturated carbocycles. The fourth-order valence-electron chi connectivity index (χ4n) is 4.47. The lowest BCUT2D eigenvalue weighted by molar-refractivity contribution is -0.138. The number of hydrogen-bond acceptors (Lipinski definition) is 4. The van der Waals surface area contributed by atoms with Crippen molar-refractivity contribution in [3.05, 3.63) is 53.6 Å². The molecule has 2 aromatic rings. The van der Waals surface area contributed by atoms with Gasteiger partial charge in [-0.05, 0) is 49.1 Å². The quantitative estimate of drug-likeness (QED) is 0.658. The second kappa shape index (κ2) is 7.54. The molecule has 3 aliphatic rings. The zero-order valence-electron chi connectivity index (χ0n) is 17.8. The molecule has 1 fully saturated rings. The molecule has 1 spiro atoms. The van der Waals surface area contributed by atoms with Gasteiger partial charge in [-0.1, -0.05) is 12.1 Å². The number of ether oxygens (including phenoxy) is 2. The lowest BCUT2D eigenvalue weighted by Crippen LogP contribution is -2.45. The number of alkyl halides is 3. The van der Waals surface area contributed by atoms with Crippen LogP contribution in [0.1, 0.15) is 36.8 Å². The molecule has 0 radical (unpaired) electrons. The van der Waals surface area contributed by atoms with Crippen LogP contribution in [0.4, 0.5) is 24.5 Å². The molecule has 172 valence electrons.